The van der Waals surface area contributed by atoms with Crippen molar-refractivity contribution in [2.75, 3.05) is 36.9 Å². The Labute approximate surface area is 139 Å². The number of nitrogens with one attached hydrogen (secondary N) is 2. The molecule has 0 saturated carbocycles. The van der Waals surface area contributed by atoms with Gasteiger partial charge in [-0.3, -0.25) is 10.1 Å². The van der Waals surface area contributed by atoms with Gasteiger partial charge in [-0.25, -0.2) is 9.59 Å². The highest BCUT2D eigenvalue weighted by molar-refractivity contribution is 5.91. The first kappa shape index (κ1) is 17.5. The number of benzene rings is 1. The molecule has 1 aromatic carbocycles. The van der Waals surface area contributed by atoms with Gasteiger partial charge in [-0.05, 0) is 31.2 Å². The Morgan fingerprint density at radius 3 is 2.46 bits per heavy atom. The van der Waals surface area contributed by atoms with Crippen molar-refractivity contribution in [3.05, 3.63) is 24.3 Å². The summed E-state index contributed by atoms with van der Waals surface area (Å²) in [5, 5.41) is 5.26. The van der Waals surface area contributed by atoms with Crippen LogP contribution >= 0.6 is 0 Å². The van der Waals surface area contributed by atoms with Gasteiger partial charge in [0.1, 0.15) is 0 Å². The zero-order valence-electron chi connectivity index (χ0n) is 13.3. The molecule has 1 atom stereocenters. The first-order valence-corrected chi connectivity index (χ1v) is 7.50. The van der Waals surface area contributed by atoms with E-state index in [0.717, 1.165) is 0 Å². The fraction of sp³-hybridized carbons (Fsp3) is 0.400. The highest BCUT2D eigenvalue weighted by Gasteiger charge is 2.27. The average Bonchev–Trinajstić information content (AvgIpc) is 2.57. The van der Waals surface area contributed by atoms with Gasteiger partial charge < -0.3 is 25.4 Å². The largest absolute Gasteiger partial charge is 0.450 e. The summed E-state index contributed by atoms with van der Waals surface area (Å²) in [5.41, 5.74) is 6.29. The van der Waals surface area contributed by atoms with Crippen LogP contribution in [0.15, 0.2) is 24.3 Å². The summed E-state index contributed by atoms with van der Waals surface area (Å²) in [6.45, 7) is 2.74. The summed E-state index contributed by atoms with van der Waals surface area (Å²) < 4.78 is 9.97. The van der Waals surface area contributed by atoms with Gasteiger partial charge in [-0.1, -0.05) is 0 Å². The standard InChI is InChI=1S/C15H20N4O5/c1-2-23-15(22)18-11-5-3-10(4-6-11)17-14(21)19-7-8-24-12(9-19)13(16)20/h3-6,12H,2,7-9H2,1H3,(H2,16,20)(H,17,21)(H,18,22)/t12-/m1/s1. The monoisotopic (exact) mass is 336 g/mol. The Morgan fingerprint density at radius 2 is 1.88 bits per heavy atom. The SMILES string of the molecule is CCOC(=O)Nc1ccc(NC(=O)N2CCO[C@@H](C(N)=O)C2)cc1. The number of nitrogens with zero attached hydrogens (tertiary/aromatic N) is 1. The number of amides is 4. The van der Waals surface area contributed by atoms with Gasteiger partial charge in [0.15, 0.2) is 6.10 Å². The lowest BCUT2D eigenvalue weighted by molar-refractivity contribution is -0.133. The second kappa shape index (κ2) is 8.16. The van der Waals surface area contributed by atoms with Crippen molar-refractivity contribution < 1.29 is 23.9 Å². The maximum Gasteiger partial charge on any atom is 0.411 e. The molecule has 1 fully saturated rings. The van der Waals surface area contributed by atoms with Crippen molar-refractivity contribution in [3.8, 4) is 0 Å². The van der Waals surface area contributed by atoms with Gasteiger partial charge >= 0.3 is 12.1 Å². The molecule has 0 radical (unpaired) electrons. The molecule has 2 rings (SSSR count). The topological polar surface area (TPSA) is 123 Å². The number of anilines is 2. The van der Waals surface area contributed by atoms with Crippen molar-refractivity contribution in [3.63, 3.8) is 0 Å². The van der Waals surface area contributed by atoms with Crippen LogP contribution in [0.5, 0.6) is 0 Å². The average molecular weight is 336 g/mol. The smallest absolute Gasteiger partial charge is 0.411 e. The summed E-state index contributed by atoms with van der Waals surface area (Å²) in [4.78, 5) is 36.1. The molecule has 1 heterocycles. The minimum atomic E-state index is -0.791. The van der Waals surface area contributed by atoms with E-state index in [2.05, 4.69) is 10.6 Å². The first-order chi connectivity index (χ1) is 11.5. The summed E-state index contributed by atoms with van der Waals surface area (Å²) in [5.74, 6) is -0.595. The van der Waals surface area contributed by atoms with E-state index in [4.69, 9.17) is 15.2 Å². The molecule has 4 amide bonds. The van der Waals surface area contributed by atoms with Crippen LogP contribution < -0.4 is 16.4 Å². The number of carbonyl (C=O) groups is 3. The molecule has 4 N–H and O–H groups in total. The van der Waals surface area contributed by atoms with Crippen LogP contribution in [0, 0.1) is 0 Å². The zero-order chi connectivity index (χ0) is 17.5. The highest BCUT2D eigenvalue weighted by Crippen LogP contribution is 2.15. The van der Waals surface area contributed by atoms with Gasteiger partial charge in [-0.2, -0.15) is 0 Å². The zero-order valence-corrected chi connectivity index (χ0v) is 13.3. The van der Waals surface area contributed by atoms with Crippen LogP contribution in [0.1, 0.15) is 6.92 Å². The molecule has 130 valence electrons. The minimum Gasteiger partial charge on any atom is -0.450 e. The number of carbonyl (C=O) groups excluding carboxylic acids is 3. The van der Waals surface area contributed by atoms with E-state index in [9.17, 15) is 14.4 Å². The van der Waals surface area contributed by atoms with Crippen molar-refractivity contribution in [2.24, 2.45) is 5.73 Å². The second-order valence-corrected chi connectivity index (χ2v) is 5.06. The lowest BCUT2D eigenvalue weighted by Crippen LogP contribution is -2.51. The van der Waals surface area contributed by atoms with E-state index >= 15 is 0 Å². The molecular weight excluding hydrogens is 316 g/mol. The van der Waals surface area contributed by atoms with Crippen molar-refractivity contribution >= 4 is 29.4 Å². The fourth-order valence-corrected chi connectivity index (χ4v) is 2.13. The third-order valence-corrected chi connectivity index (χ3v) is 3.33. The van der Waals surface area contributed by atoms with Crippen molar-refractivity contribution in [2.45, 2.75) is 13.0 Å². The molecule has 0 aromatic heterocycles. The molecule has 1 aliphatic rings. The van der Waals surface area contributed by atoms with Crippen LogP contribution in [-0.4, -0.2) is 55.3 Å². The van der Waals surface area contributed by atoms with Gasteiger partial charge in [0.2, 0.25) is 5.91 Å². The normalized spacial score (nSPS) is 17.0. The van der Waals surface area contributed by atoms with E-state index in [0.29, 0.717) is 17.9 Å². The van der Waals surface area contributed by atoms with E-state index in [1.54, 1.807) is 31.2 Å². The van der Waals surface area contributed by atoms with Crippen LogP contribution in [0.4, 0.5) is 21.0 Å². The molecular formula is C15H20N4O5. The lowest BCUT2D eigenvalue weighted by Gasteiger charge is -2.31. The number of morpholine rings is 1. The predicted molar refractivity (Wildman–Crippen MR) is 86.6 cm³/mol. The number of rotatable bonds is 4. The summed E-state index contributed by atoms with van der Waals surface area (Å²) >= 11 is 0. The number of ether oxygens (including phenoxy) is 2. The van der Waals surface area contributed by atoms with E-state index in [-0.39, 0.29) is 25.8 Å². The number of nitrogens with two attached hydrogens (primary N) is 1. The lowest BCUT2D eigenvalue weighted by atomic mass is 10.2. The van der Waals surface area contributed by atoms with Gasteiger partial charge in [0, 0.05) is 17.9 Å². The third kappa shape index (κ3) is 4.85. The molecule has 0 bridgehead atoms. The summed E-state index contributed by atoms with van der Waals surface area (Å²) in [6.07, 6.45) is -1.33. The van der Waals surface area contributed by atoms with Crippen LogP contribution in [-0.2, 0) is 14.3 Å². The van der Waals surface area contributed by atoms with Crippen LogP contribution in [0.2, 0.25) is 0 Å². The Balaban J connectivity index is 1.89. The summed E-state index contributed by atoms with van der Waals surface area (Å²) in [6, 6.07) is 6.21. The molecule has 9 heteroatoms. The van der Waals surface area contributed by atoms with Crippen molar-refractivity contribution in [1.29, 1.82) is 0 Å². The fourth-order valence-electron chi connectivity index (χ4n) is 2.13. The second-order valence-electron chi connectivity index (χ2n) is 5.06. The molecule has 9 nitrogen and oxygen atoms in total. The van der Waals surface area contributed by atoms with Crippen LogP contribution in [0.3, 0.4) is 0 Å². The maximum absolute atomic E-state index is 12.2. The Kier molecular flexibility index (Phi) is 5.96. The van der Waals surface area contributed by atoms with E-state index in [1.807, 2.05) is 0 Å². The van der Waals surface area contributed by atoms with Gasteiger partial charge in [0.05, 0.1) is 19.8 Å². The molecule has 0 unspecified atom stereocenters. The number of primary amides is 1. The number of urea groups is 1. The molecule has 0 aliphatic carbocycles. The predicted octanol–water partition coefficient (Wildman–Crippen LogP) is 0.973. The Bertz CT molecular complexity index is 604. The van der Waals surface area contributed by atoms with E-state index < -0.39 is 18.1 Å². The highest BCUT2D eigenvalue weighted by atomic mass is 16.5. The Hall–Kier alpha value is -2.81. The molecule has 24 heavy (non-hydrogen) atoms. The molecule has 1 saturated heterocycles. The molecule has 1 aromatic rings. The number of hydrogen-bond donors (Lipinski definition) is 3. The minimum absolute atomic E-state index is 0.115. The molecule has 1 aliphatic heterocycles. The third-order valence-electron chi connectivity index (χ3n) is 3.33. The molecule has 0 spiro atoms. The van der Waals surface area contributed by atoms with Crippen LogP contribution in [0.25, 0.3) is 0 Å². The van der Waals surface area contributed by atoms with Gasteiger partial charge in [-0.15, -0.1) is 0 Å². The Morgan fingerprint density at radius 1 is 1.25 bits per heavy atom. The van der Waals surface area contributed by atoms with Crippen molar-refractivity contribution in [1.82, 2.24) is 4.90 Å². The number of hydrogen-bond acceptors (Lipinski definition) is 5. The maximum atomic E-state index is 12.2. The quantitative estimate of drug-likeness (QED) is 0.756. The van der Waals surface area contributed by atoms with E-state index in [1.165, 1.54) is 4.90 Å². The van der Waals surface area contributed by atoms with Gasteiger partial charge in [0.25, 0.3) is 0 Å². The first-order valence-electron chi connectivity index (χ1n) is 7.50. The summed E-state index contributed by atoms with van der Waals surface area (Å²) in [7, 11) is 0.